The van der Waals surface area contributed by atoms with E-state index in [1.165, 1.54) is 30.3 Å². The fraction of sp³-hybridized carbons (Fsp3) is 0.214. The molecule has 0 spiro atoms. The molecule has 1 fully saturated rings. The van der Waals surface area contributed by atoms with Gasteiger partial charge in [-0.1, -0.05) is 0 Å². The van der Waals surface area contributed by atoms with E-state index in [1.54, 1.807) is 6.92 Å². The molecule has 0 bridgehead atoms. The Labute approximate surface area is 135 Å². The molecule has 1 heterocycles. The lowest BCUT2D eigenvalue weighted by molar-refractivity contribution is -0.384. The SMILES string of the molecule is CCOC(=O)CN1C(=O)S/C(=C/c2ccc([N+](=O)[O-])cc2)C1=O. The number of esters is 1. The van der Waals surface area contributed by atoms with Gasteiger partial charge in [-0.15, -0.1) is 0 Å². The van der Waals surface area contributed by atoms with Crippen molar-refractivity contribution < 1.29 is 24.0 Å². The molecule has 1 aromatic rings. The second-order valence-corrected chi connectivity index (χ2v) is 5.41. The molecule has 1 aromatic carbocycles. The number of nitro groups is 1. The Balaban J connectivity index is 2.14. The molecule has 0 aromatic heterocycles. The monoisotopic (exact) mass is 336 g/mol. The van der Waals surface area contributed by atoms with Crippen molar-refractivity contribution in [2.45, 2.75) is 6.92 Å². The van der Waals surface area contributed by atoms with E-state index < -0.39 is 28.6 Å². The molecule has 0 N–H and O–H groups in total. The van der Waals surface area contributed by atoms with Gasteiger partial charge in [0.25, 0.3) is 16.8 Å². The van der Waals surface area contributed by atoms with Crippen LogP contribution in [0.25, 0.3) is 6.08 Å². The summed E-state index contributed by atoms with van der Waals surface area (Å²) in [7, 11) is 0. The molecule has 2 amide bonds. The third-order valence-corrected chi connectivity index (χ3v) is 3.78. The molecule has 1 aliphatic heterocycles. The lowest BCUT2D eigenvalue weighted by Gasteiger charge is -2.10. The molecule has 0 unspecified atom stereocenters. The lowest BCUT2D eigenvalue weighted by Crippen LogP contribution is -2.34. The number of hydrogen-bond acceptors (Lipinski definition) is 7. The number of imide groups is 1. The summed E-state index contributed by atoms with van der Waals surface area (Å²) in [5.41, 5.74) is 0.467. The van der Waals surface area contributed by atoms with Crippen LogP contribution in [-0.4, -0.2) is 40.1 Å². The van der Waals surface area contributed by atoms with E-state index in [2.05, 4.69) is 0 Å². The van der Waals surface area contributed by atoms with E-state index in [1.807, 2.05) is 0 Å². The van der Waals surface area contributed by atoms with Crippen LogP contribution in [0.15, 0.2) is 29.2 Å². The number of nitro benzene ring substituents is 1. The van der Waals surface area contributed by atoms with Crippen molar-refractivity contribution >= 4 is 40.6 Å². The molecule has 120 valence electrons. The number of ether oxygens (including phenoxy) is 1. The second-order valence-electron chi connectivity index (χ2n) is 4.42. The Morgan fingerprint density at radius 1 is 1.35 bits per heavy atom. The standard InChI is InChI=1S/C14H12N2O6S/c1-2-22-12(17)8-15-13(18)11(23-14(15)19)7-9-3-5-10(6-4-9)16(20)21/h3-7H,2,8H2,1H3/b11-7+. The van der Waals surface area contributed by atoms with Gasteiger partial charge in [-0.3, -0.25) is 29.4 Å². The summed E-state index contributed by atoms with van der Waals surface area (Å²) in [6.45, 7) is 1.35. The van der Waals surface area contributed by atoms with Gasteiger partial charge < -0.3 is 4.74 Å². The molecule has 0 aliphatic carbocycles. The minimum Gasteiger partial charge on any atom is -0.465 e. The van der Waals surface area contributed by atoms with Gasteiger partial charge in [-0.25, -0.2) is 0 Å². The first-order valence-corrected chi connectivity index (χ1v) is 7.39. The molecule has 0 saturated carbocycles. The summed E-state index contributed by atoms with van der Waals surface area (Å²) in [6, 6.07) is 5.54. The zero-order chi connectivity index (χ0) is 17.0. The van der Waals surface area contributed by atoms with Crippen LogP contribution in [0, 0.1) is 10.1 Å². The topological polar surface area (TPSA) is 107 Å². The van der Waals surface area contributed by atoms with E-state index in [4.69, 9.17) is 4.74 Å². The molecule has 0 atom stereocenters. The Bertz CT molecular complexity index is 698. The van der Waals surface area contributed by atoms with Crippen LogP contribution in [0.3, 0.4) is 0 Å². The second kappa shape index (κ2) is 7.05. The quantitative estimate of drug-likeness (QED) is 0.351. The first-order chi connectivity index (χ1) is 10.9. The van der Waals surface area contributed by atoms with E-state index in [9.17, 15) is 24.5 Å². The van der Waals surface area contributed by atoms with E-state index in [0.717, 1.165) is 4.90 Å². The number of rotatable bonds is 5. The molecule has 9 heteroatoms. The summed E-state index contributed by atoms with van der Waals surface area (Å²) in [5, 5.41) is 10.0. The number of hydrogen-bond donors (Lipinski definition) is 0. The largest absolute Gasteiger partial charge is 0.465 e. The third kappa shape index (κ3) is 3.95. The van der Waals surface area contributed by atoms with Gasteiger partial charge in [0.05, 0.1) is 16.4 Å². The van der Waals surface area contributed by atoms with Crippen molar-refractivity contribution in [2.75, 3.05) is 13.2 Å². The minimum absolute atomic E-state index is 0.0717. The summed E-state index contributed by atoms with van der Waals surface area (Å²) < 4.78 is 4.71. The number of benzene rings is 1. The third-order valence-electron chi connectivity index (χ3n) is 2.87. The summed E-state index contributed by atoms with van der Waals surface area (Å²) in [5.74, 6) is -1.25. The average Bonchev–Trinajstić information content (AvgIpc) is 2.76. The Kier molecular flexibility index (Phi) is 5.12. The van der Waals surface area contributed by atoms with Crippen molar-refractivity contribution in [1.82, 2.24) is 4.90 Å². The number of amides is 2. The van der Waals surface area contributed by atoms with Crippen molar-refractivity contribution in [2.24, 2.45) is 0 Å². The molecular formula is C14H12N2O6S. The number of thioether (sulfide) groups is 1. The van der Waals surface area contributed by atoms with Crippen LogP contribution < -0.4 is 0 Å². The minimum atomic E-state index is -0.661. The predicted molar refractivity (Wildman–Crippen MR) is 82.4 cm³/mol. The van der Waals surface area contributed by atoms with E-state index in [-0.39, 0.29) is 17.2 Å². The summed E-state index contributed by atoms with van der Waals surface area (Å²) in [4.78, 5) is 46.3. The highest BCUT2D eigenvalue weighted by atomic mass is 32.2. The highest BCUT2D eigenvalue weighted by Gasteiger charge is 2.36. The fourth-order valence-corrected chi connectivity index (χ4v) is 2.65. The van der Waals surface area contributed by atoms with Crippen molar-refractivity contribution in [3.63, 3.8) is 0 Å². The van der Waals surface area contributed by atoms with E-state index in [0.29, 0.717) is 17.3 Å². The van der Waals surface area contributed by atoms with Gasteiger partial charge in [-0.05, 0) is 42.5 Å². The highest BCUT2D eigenvalue weighted by molar-refractivity contribution is 8.18. The Morgan fingerprint density at radius 3 is 2.57 bits per heavy atom. The van der Waals surface area contributed by atoms with Crippen LogP contribution in [0.4, 0.5) is 10.5 Å². The molecule has 8 nitrogen and oxygen atoms in total. The highest BCUT2D eigenvalue weighted by Crippen LogP contribution is 2.32. The van der Waals surface area contributed by atoms with Crippen molar-refractivity contribution in [1.29, 1.82) is 0 Å². The molecule has 1 saturated heterocycles. The fourth-order valence-electron chi connectivity index (χ4n) is 1.82. The van der Waals surface area contributed by atoms with Crippen LogP contribution in [-0.2, 0) is 14.3 Å². The van der Waals surface area contributed by atoms with Gasteiger partial charge in [0, 0.05) is 12.1 Å². The average molecular weight is 336 g/mol. The smallest absolute Gasteiger partial charge is 0.326 e. The molecular weight excluding hydrogens is 324 g/mol. The lowest BCUT2D eigenvalue weighted by atomic mass is 10.2. The van der Waals surface area contributed by atoms with Crippen molar-refractivity contribution in [3.05, 3.63) is 44.8 Å². The van der Waals surface area contributed by atoms with E-state index >= 15 is 0 Å². The summed E-state index contributed by atoms with van der Waals surface area (Å²) in [6.07, 6.45) is 1.44. The van der Waals surface area contributed by atoms with Crippen LogP contribution in [0.2, 0.25) is 0 Å². The van der Waals surface area contributed by atoms with Gasteiger partial charge in [-0.2, -0.15) is 0 Å². The van der Waals surface area contributed by atoms with Crippen molar-refractivity contribution in [3.8, 4) is 0 Å². The van der Waals surface area contributed by atoms with Crippen LogP contribution in [0.1, 0.15) is 12.5 Å². The number of carbonyl (C=O) groups excluding carboxylic acids is 3. The maximum Gasteiger partial charge on any atom is 0.326 e. The Morgan fingerprint density at radius 2 is 2.00 bits per heavy atom. The van der Waals surface area contributed by atoms with Gasteiger partial charge in [0.1, 0.15) is 6.54 Å². The molecule has 2 rings (SSSR count). The maximum atomic E-state index is 12.1. The van der Waals surface area contributed by atoms with Gasteiger partial charge in [0.2, 0.25) is 0 Å². The predicted octanol–water partition coefficient (Wildman–Crippen LogP) is 2.19. The van der Waals surface area contributed by atoms with Crippen LogP contribution >= 0.6 is 11.8 Å². The zero-order valence-corrected chi connectivity index (χ0v) is 12.9. The summed E-state index contributed by atoms with van der Waals surface area (Å²) >= 11 is 0.704. The number of non-ortho nitro benzene ring substituents is 1. The first-order valence-electron chi connectivity index (χ1n) is 6.57. The number of nitrogens with zero attached hydrogens (tertiary/aromatic N) is 2. The van der Waals surface area contributed by atoms with Crippen LogP contribution in [0.5, 0.6) is 0 Å². The van der Waals surface area contributed by atoms with Gasteiger partial charge >= 0.3 is 5.97 Å². The van der Waals surface area contributed by atoms with Gasteiger partial charge in [0.15, 0.2) is 0 Å². The number of carbonyl (C=O) groups is 3. The molecule has 23 heavy (non-hydrogen) atoms. The molecule has 1 aliphatic rings. The molecule has 0 radical (unpaired) electrons. The normalized spacial score (nSPS) is 16.0. The maximum absolute atomic E-state index is 12.1. The zero-order valence-electron chi connectivity index (χ0n) is 12.1. The first kappa shape index (κ1) is 16.7. The Hall–Kier alpha value is -2.68.